The maximum atomic E-state index is 12.9. The molecular weight excluding hydrogens is 342 g/mol. The monoisotopic (exact) mass is 371 g/mol. The highest BCUT2D eigenvalue weighted by Gasteiger charge is 2.38. The van der Waals surface area contributed by atoms with Gasteiger partial charge in [-0.3, -0.25) is 14.8 Å². The molecule has 2 aliphatic rings. The van der Waals surface area contributed by atoms with Crippen LogP contribution in [0.4, 0.5) is 0 Å². The van der Waals surface area contributed by atoms with Crippen molar-refractivity contribution in [2.75, 3.05) is 46.9 Å². The van der Waals surface area contributed by atoms with Crippen molar-refractivity contribution in [1.82, 2.24) is 25.3 Å². The SMILES string of the molecule is CN(C)C[C@@H]1CN(C2CCOCC2)C[C@H]1NC(=O)c1n[nH]c2ccccc12. The van der Waals surface area contributed by atoms with E-state index in [0.29, 0.717) is 17.7 Å². The van der Waals surface area contributed by atoms with Crippen molar-refractivity contribution in [2.45, 2.75) is 24.9 Å². The molecule has 1 amide bonds. The van der Waals surface area contributed by atoms with Gasteiger partial charge in [-0.15, -0.1) is 0 Å². The van der Waals surface area contributed by atoms with Gasteiger partial charge in [0.2, 0.25) is 0 Å². The van der Waals surface area contributed by atoms with Crippen LogP contribution in [0.25, 0.3) is 10.9 Å². The first-order valence-corrected chi connectivity index (χ1v) is 9.82. The average Bonchev–Trinajstić information content (AvgIpc) is 3.26. The summed E-state index contributed by atoms with van der Waals surface area (Å²) < 4.78 is 5.52. The minimum atomic E-state index is -0.0879. The molecule has 27 heavy (non-hydrogen) atoms. The van der Waals surface area contributed by atoms with Gasteiger partial charge in [-0.25, -0.2) is 0 Å². The Morgan fingerprint density at radius 3 is 2.85 bits per heavy atom. The third-order valence-corrected chi connectivity index (χ3v) is 5.78. The molecule has 0 aliphatic carbocycles. The molecule has 0 unspecified atom stereocenters. The van der Waals surface area contributed by atoms with Crippen molar-refractivity contribution in [1.29, 1.82) is 0 Å². The number of hydrogen-bond donors (Lipinski definition) is 2. The lowest BCUT2D eigenvalue weighted by Gasteiger charge is -2.31. The molecule has 2 saturated heterocycles. The molecule has 7 heteroatoms. The highest BCUT2D eigenvalue weighted by molar-refractivity contribution is 6.04. The van der Waals surface area contributed by atoms with Crippen molar-refractivity contribution in [3.05, 3.63) is 30.0 Å². The molecule has 146 valence electrons. The Bertz CT molecular complexity index is 784. The number of ether oxygens (including phenoxy) is 1. The summed E-state index contributed by atoms with van der Waals surface area (Å²) in [5.74, 6) is 0.326. The van der Waals surface area contributed by atoms with Gasteiger partial charge in [-0.05, 0) is 33.0 Å². The first-order chi connectivity index (χ1) is 13.1. The fourth-order valence-electron chi connectivity index (χ4n) is 4.44. The van der Waals surface area contributed by atoms with Crippen LogP contribution >= 0.6 is 0 Å². The topological polar surface area (TPSA) is 73.5 Å². The van der Waals surface area contributed by atoms with E-state index in [4.69, 9.17) is 4.74 Å². The normalized spacial score (nSPS) is 24.7. The molecule has 2 atom stereocenters. The van der Waals surface area contributed by atoms with Crippen LogP contribution in [0.15, 0.2) is 24.3 Å². The smallest absolute Gasteiger partial charge is 0.272 e. The van der Waals surface area contributed by atoms with Crippen molar-refractivity contribution < 1.29 is 9.53 Å². The molecule has 2 fully saturated rings. The standard InChI is InChI=1S/C20H29N5O2/c1-24(2)11-14-12-25(15-7-9-27-10-8-15)13-18(14)21-20(26)19-16-5-3-4-6-17(16)22-23-19/h3-6,14-15,18H,7-13H2,1-2H3,(H,21,26)(H,22,23)/t14-,18-/m1/s1. The molecule has 0 saturated carbocycles. The van der Waals surface area contributed by atoms with Gasteiger partial charge in [0, 0.05) is 56.2 Å². The van der Waals surface area contributed by atoms with Crippen LogP contribution in [0.2, 0.25) is 0 Å². The zero-order chi connectivity index (χ0) is 18.8. The number of nitrogens with zero attached hydrogens (tertiary/aromatic N) is 3. The number of hydrogen-bond acceptors (Lipinski definition) is 5. The molecule has 0 radical (unpaired) electrons. The summed E-state index contributed by atoms with van der Waals surface area (Å²) in [7, 11) is 4.19. The third-order valence-electron chi connectivity index (χ3n) is 5.78. The Labute approximate surface area is 160 Å². The van der Waals surface area contributed by atoms with E-state index in [1.165, 1.54) is 0 Å². The fraction of sp³-hybridized carbons (Fsp3) is 0.600. The van der Waals surface area contributed by atoms with Gasteiger partial charge in [0.15, 0.2) is 5.69 Å². The molecule has 1 aromatic heterocycles. The number of aromatic amines is 1. The zero-order valence-electron chi connectivity index (χ0n) is 16.1. The molecule has 4 rings (SSSR count). The Balaban J connectivity index is 1.48. The number of likely N-dealkylation sites (tertiary alicyclic amines) is 1. The van der Waals surface area contributed by atoms with Gasteiger partial charge in [0.05, 0.1) is 5.52 Å². The molecule has 7 nitrogen and oxygen atoms in total. The average molecular weight is 371 g/mol. The lowest BCUT2D eigenvalue weighted by Crippen LogP contribution is -2.44. The van der Waals surface area contributed by atoms with Gasteiger partial charge in [-0.2, -0.15) is 5.10 Å². The van der Waals surface area contributed by atoms with Crippen molar-refractivity contribution in [3.8, 4) is 0 Å². The van der Waals surface area contributed by atoms with Gasteiger partial charge in [0.25, 0.3) is 5.91 Å². The van der Waals surface area contributed by atoms with Gasteiger partial charge in [-0.1, -0.05) is 18.2 Å². The van der Waals surface area contributed by atoms with Crippen LogP contribution in [-0.4, -0.2) is 84.9 Å². The first-order valence-electron chi connectivity index (χ1n) is 9.82. The fourth-order valence-corrected chi connectivity index (χ4v) is 4.44. The van der Waals surface area contributed by atoms with Crippen LogP contribution < -0.4 is 5.32 Å². The molecule has 3 heterocycles. The van der Waals surface area contributed by atoms with Crippen LogP contribution in [0.5, 0.6) is 0 Å². The van der Waals surface area contributed by atoms with Gasteiger partial charge < -0.3 is 15.0 Å². The molecule has 0 spiro atoms. The third kappa shape index (κ3) is 4.00. The second-order valence-corrected chi connectivity index (χ2v) is 8.02. The largest absolute Gasteiger partial charge is 0.381 e. The number of fused-ring (bicyclic) bond motifs is 1. The number of para-hydroxylation sites is 1. The summed E-state index contributed by atoms with van der Waals surface area (Å²) >= 11 is 0. The summed E-state index contributed by atoms with van der Waals surface area (Å²) in [4.78, 5) is 17.7. The molecule has 2 N–H and O–H groups in total. The van der Waals surface area contributed by atoms with E-state index in [2.05, 4.69) is 39.4 Å². The number of carbonyl (C=O) groups is 1. The highest BCUT2D eigenvalue weighted by atomic mass is 16.5. The maximum Gasteiger partial charge on any atom is 0.272 e. The molecular formula is C20H29N5O2. The second kappa shape index (κ2) is 7.96. The summed E-state index contributed by atoms with van der Waals surface area (Å²) in [6, 6.07) is 8.46. The number of aromatic nitrogens is 2. The summed E-state index contributed by atoms with van der Waals surface area (Å²) in [5.41, 5.74) is 1.38. The number of carbonyl (C=O) groups excluding carboxylic acids is 1. The minimum absolute atomic E-state index is 0.0879. The molecule has 2 aromatic rings. The Morgan fingerprint density at radius 1 is 1.30 bits per heavy atom. The quantitative estimate of drug-likeness (QED) is 0.830. The number of H-pyrrole nitrogens is 1. The van der Waals surface area contributed by atoms with E-state index >= 15 is 0 Å². The molecule has 1 aromatic carbocycles. The van der Waals surface area contributed by atoms with Crippen LogP contribution in [0.1, 0.15) is 23.3 Å². The predicted octanol–water partition coefficient (Wildman–Crippen LogP) is 1.33. The molecule has 0 bridgehead atoms. The van der Waals surface area contributed by atoms with Crippen LogP contribution in [-0.2, 0) is 4.74 Å². The maximum absolute atomic E-state index is 12.9. The van der Waals surface area contributed by atoms with E-state index in [-0.39, 0.29) is 11.9 Å². The Kier molecular flexibility index (Phi) is 5.43. The lowest BCUT2D eigenvalue weighted by atomic mass is 10.0. The molecule has 2 aliphatic heterocycles. The van der Waals surface area contributed by atoms with Crippen LogP contribution in [0, 0.1) is 5.92 Å². The second-order valence-electron chi connectivity index (χ2n) is 8.02. The van der Waals surface area contributed by atoms with Crippen molar-refractivity contribution >= 4 is 16.8 Å². The summed E-state index contributed by atoms with van der Waals surface area (Å²) in [6.07, 6.45) is 2.17. The van der Waals surface area contributed by atoms with Gasteiger partial charge >= 0.3 is 0 Å². The van der Waals surface area contributed by atoms with E-state index < -0.39 is 0 Å². The summed E-state index contributed by atoms with van der Waals surface area (Å²) in [5, 5.41) is 11.4. The minimum Gasteiger partial charge on any atom is -0.381 e. The summed E-state index contributed by atoms with van der Waals surface area (Å²) in [6.45, 7) is 4.57. The van der Waals surface area contributed by atoms with Crippen molar-refractivity contribution in [2.24, 2.45) is 5.92 Å². The van der Waals surface area contributed by atoms with Gasteiger partial charge in [0.1, 0.15) is 0 Å². The van der Waals surface area contributed by atoms with E-state index in [1.54, 1.807) is 0 Å². The number of amides is 1. The Hall–Kier alpha value is -1.96. The zero-order valence-corrected chi connectivity index (χ0v) is 16.1. The van der Waals surface area contributed by atoms with E-state index in [0.717, 1.165) is 56.6 Å². The van der Waals surface area contributed by atoms with Crippen molar-refractivity contribution in [3.63, 3.8) is 0 Å². The van der Waals surface area contributed by atoms with Crippen LogP contribution in [0.3, 0.4) is 0 Å². The number of benzene rings is 1. The Morgan fingerprint density at radius 2 is 2.07 bits per heavy atom. The first kappa shape index (κ1) is 18.4. The number of rotatable bonds is 5. The predicted molar refractivity (Wildman–Crippen MR) is 105 cm³/mol. The highest BCUT2D eigenvalue weighted by Crippen LogP contribution is 2.25. The lowest BCUT2D eigenvalue weighted by molar-refractivity contribution is 0.0403. The number of nitrogens with one attached hydrogen (secondary N) is 2. The van der Waals surface area contributed by atoms with E-state index in [9.17, 15) is 4.79 Å². The van der Waals surface area contributed by atoms with E-state index in [1.807, 2.05) is 24.3 Å².